The van der Waals surface area contributed by atoms with Crippen LogP contribution in [-0.2, 0) is 12.8 Å². The quantitative estimate of drug-likeness (QED) is 0.752. The lowest BCUT2D eigenvalue weighted by molar-refractivity contribution is 0.367. The molecule has 0 radical (unpaired) electrons. The van der Waals surface area contributed by atoms with E-state index in [2.05, 4.69) is 27.4 Å². The van der Waals surface area contributed by atoms with Crippen molar-refractivity contribution in [3.63, 3.8) is 0 Å². The van der Waals surface area contributed by atoms with Gasteiger partial charge >= 0.3 is 0 Å². The van der Waals surface area contributed by atoms with E-state index in [1.165, 1.54) is 12.8 Å². The second-order valence-corrected chi connectivity index (χ2v) is 3.95. The SMILES string of the molecule is CCc1n[nH]c(CC2CCNCC2)n1. The molecule has 1 saturated heterocycles. The lowest BCUT2D eigenvalue weighted by Gasteiger charge is -2.21. The second kappa shape index (κ2) is 4.55. The molecule has 1 aliphatic rings. The van der Waals surface area contributed by atoms with E-state index in [4.69, 9.17) is 0 Å². The molecule has 1 fully saturated rings. The molecule has 78 valence electrons. The highest BCUT2D eigenvalue weighted by Crippen LogP contribution is 2.15. The Balaban J connectivity index is 1.89. The third-order valence-corrected chi connectivity index (χ3v) is 2.84. The van der Waals surface area contributed by atoms with Gasteiger partial charge in [-0.15, -0.1) is 0 Å². The minimum atomic E-state index is 0.786. The van der Waals surface area contributed by atoms with Crippen LogP contribution in [0.4, 0.5) is 0 Å². The third kappa shape index (κ3) is 2.32. The van der Waals surface area contributed by atoms with Gasteiger partial charge in [-0.3, -0.25) is 5.10 Å². The van der Waals surface area contributed by atoms with Crippen LogP contribution >= 0.6 is 0 Å². The molecular formula is C10H18N4. The molecule has 4 nitrogen and oxygen atoms in total. The standard InChI is InChI=1S/C10H18N4/c1-2-9-12-10(14-13-9)7-8-3-5-11-6-4-8/h8,11H,2-7H2,1H3,(H,12,13,14). The molecule has 1 aromatic rings. The Morgan fingerprint density at radius 1 is 1.36 bits per heavy atom. The van der Waals surface area contributed by atoms with Crippen LogP contribution in [0.25, 0.3) is 0 Å². The summed E-state index contributed by atoms with van der Waals surface area (Å²) in [4.78, 5) is 4.44. The summed E-state index contributed by atoms with van der Waals surface area (Å²) in [5, 5.41) is 10.5. The predicted molar refractivity (Wildman–Crippen MR) is 55.1 cm³/mol. The van der Waals surface area contributed by atoms with E-state index < -0.39 is 0 Å². The average Bonchev–Trinajstić information content (AvgIpc) is 2.67. The normalized spacial score (nSPS) is 18.6. The number of aromatic nitrogens is 3. The number of nitrogens with zero attached hydrogens (tertiary/aromatic N) is 2. The van der Waals surface area contributed by atoms with Crippen molar-refractivity contribution in [1.29, 1.82) is 0 Å². The predicted octanol–water partition coefficient (Wildman–Crippen LogP) is 0.909. The number of aromatic amines is 1. The van der Waals surface area contributed by atoms with Crippen molar-refractivity contribution < 1.29 is 0 Å². The Morgan fingerprint density at radius 2 is 2.14 bits per heavy atom. The first-order valence-electron chi connectivity index (χ1n) is 5.49. The summed E-state index contributed by atoms with van der Waals surface area (Å²) in [7, 11) is 0. The Morgan fingerprint density at radius 3 is 2.79 bits per heavy atom. The minimum absolute atomic E-state index is 0.786. The summed E-state index contributed by atoms with van der Waals surface area (Å²) in [6, 6.07) is 0. The largest absolute Gasteiger partial charge is 0.317 e. The maximum atomic E-state index is 4.44. The van der Waals surface area contributed by atoms with Crippen molar-refractivity contribution >= 4 is 0 Å². The first-order valence-corrected chi connectivity index (χ1v) is 5.49. The van der Waals surface area contributed by atoms with E-state index in [1.54, 1.807) is 0 Å². The summed E-state index contributed by atoms with van der Waals surface area (Å²) in [6.45, 7) is 4.39. The zero-order valence-electron chi connectivity index (χ0n) is 8.71. The lowest BCUT2D eigenvalue weighted by atomic mass is 9.94. The van der Waals surface area contributed by atoms with E-state index in [9.17, 15) is 0 Å². The van der Waals surface area contributed by atoms with E-state index >= 15 is 0 Å². The smallest absolute Gasteiger partial charge is 0.150 e. The van der Waals surface area contributed by atoms with Crippen molar-refractivity contribution in [2.75, 3.05) is 13.1 Å². The molecule has 0 spiro atoms. The highest BCUT2D eigenvalue weighted by molar-refractivity contribution is 4.92. The molecular weight excluding hydrogens is 176 g/mol. The Bertz CT molecular complexity index is 275. The molecule has 1 aliphatic heterocycles. The monoisotopic (exact) mass is 194 g/mol. The number of hydrogen-bond donors (Lipinski definition) is 2. The molecule has 0 amide bonds. The topological polar surface area (TPSA) is 53.6 Å². The molecule has 0 atom stereocenters. The molecule has 0 unspecified atom stereocenters. The van der Waals surface area contributed by atoms with Crippen LogP contribution in [0.3, 0.4) is 0 Å². The molecule has 2 rings (SSSR count). The van der Waals surface area contributed by atoms with Crippen molar-refractivity contribution in [3.05, 3.63) is 11.6 Å². The Kier molecular flexibility index (Phi) is 3.14. The maximum Gasteiger partial charge on any atom is 0.150 e. The van der Waals surface area contributed by atoms with Crippen molar-refractivity contribution in [2.24, 2.45) is 5.92 Å². The van der Waals surface area contributed by atoms with Crippen molar-refractivity contribution in [1.82, 2.24) is 20.5 Å². The number of H-pyrrole nitrogens is 1. The van der Waals surface area contributed by atoms with Gasteiger partial charge in [-0.05, 0) is 31.8 Å². The van der Waals surface area contributed by atoms with E-state index in [1.807, 2.05) is 0 Å². The van der Waals surface area contributed by atoms with Crippen LogP contribution < -0.4 is 5.32 Å². The van der Waals surface area contributed by atoms with Gasteiger partial charge in [0.1, 0.15) is 11.6 Å². The van der Waals surface area contributed by atoms with Crippen LogP contribution in [0.1, 0.15) is 31.4 Å². The van der Waals surface area contributed by atoms with Crippen molar-refractivity contribution in [3.8, 4) is 0 Å². The van der Waals surface area contributed by atoms with Crippen LogP contribution in [0.15, 0.2) is 0 Å². The van der Waals surface area contributed by atoms with Gasteiger partial charge in [0.2, 0.25) is 0 Å². The van der Waals surface area contributed by atoms with Crippen LogP contribution in [0, 0.1) is 5.92 Å². The van der Waals surface area contributed by atoms with Gasteiger partial charge in [-0.25, -0.2) is 4.98 Å². The highest BCUT2D eigenvalue weighted by atomic mass is 15.2. The van der Waals surface area contributed by atoms with Gasteiger partial charge in [0.05, 0.1) is 0 Å². The van der Waals surface area contributed by atoms with Gasteiger partial charge < -0.3 is 5.32 Å². The molecule has 0 bridgehead atoms. The molecule has 0 saturated carbocycles. The number of aryl methyl sites for hydroxylation is 1. The summed E-state index contributed by atoms with van der Waals surface area (Å²) >= 11 is 0. The van der Waals surface area contributed by atoms with Gasteiger partial charge in [-0.2, -0.15) is 5.10 Å². The zero-order chi connectivity index (χ0) is 9.80. The van der Waals surface area contributed by atoms with Gasteiger partial charge in [0.25, 0.3) is 0 Å². The van der Waals surface area contributed by atoms with E-state index in [-0.39, 0.29) is 0 Å². The van der Waals surface area contributed by atoms with Crippen molar-refractivity contribution in [2.45, 2.75) is 32.6 Å². The fourth-order valence-corrected chi connectivity index (χ4v) is 1.94. The molecule has 2 heterocycles. The highest BCUT2D eigenvalue weighted by Gasteiger charge is 2.15. The average molecular weight is 194 g/mol. The number of nitrogens with one attached hydrogen (secondary N) is 2. The van der Waals surface area contributed by atoms with Gasteiger partial charge in [0, 0.05) is 12.8 Å². The first kappa shape index (κ1) is 9.65. The minimum Gasteiger partial charge on any atom is -0.317 e. The van der Waals surface area contributed by atoms with E-state index in [0.29, 0.717) is 0 Å². The first-order chi connectivity index (χ1) is 6.88. The zero-order valence-corrected chi connectivity index (χ0v) is 8.71. The van der Waals surface area contributed by atoms with Crippen LogP contribution in [0.5, 0.6) is 0 Å². The number of piperidine rings is 1. The molecule has 2 N–H and O–H groups in total. The van der Waals surface area contributed by atoms with Gasteiger partial charge in [0.15, 0.2) is 0 Å². The lowest BCUT2D eigenvalue weighted by Crippen LogP contribution is -2.28. The fraction of sp³-hybridized carbons (Fsp3) is 0.800. The molecule has 4 heteroatoms. The maximum absolute atomic E-state index is 4.44. The van der Waals surface area contributed by atoms with Crippen LogP contribution in [0.2, 0.25) is 0 Å². The molecule has 0 aliphatic carbocycles. The fourth-order valence-electron chi connectivity index (χ4n) is 1.94. The Labute approximate surface area is 84.5 Å². The summed E-state index contributed by atoms with van der Waals surface area (Å²) in [6.07, 6.45) is 4.52. The van der Waals surface area contributed by atoms with E-state index in [0.717, 1.165) is 43.5 Å². The number of hydrogen-bond acceptors (Lipinski definition) is 3. The molecule has 14 heavy (non-hydrogen) atoms. The second-order valence-electron chi connectivity index (χ2n) is 3.95. The summed E-state index contributed by atoms with van der Waals surface area (Å²) < 4.78 is 0. The van der Waals surface area contributed by atoms with Gasteiger partial charge in [-0.1, -0.05) is 6.92 Å². The Hall–Kier alpha value is -0.900. The molecule has 0 aromatic carbocycles. The summed E-state index contributed by atoms with van der Waals surface area (Å²) in [5.74, 6) is 2.79. The number of rotatable bonds is 3. The molecule has 1 aromatic heterocycles. The third-order valence-electron chi connectivity index (χ3n) is 2.84. The van der Waals surface area contributed by atoms with Crippen LogP contribution in [-0.4, -0.2) is 28.3 Å². The summed E-state index contributed by atoms with van der Waals surface area (Å²) in [5.41, 5.74) is 0.